The molecule has 2 nitrogen and oxygen atoms in total. The van der Waals surface area contributed by atoms with E-state index in [9.17, 15) is 0 Å². The van der Waals surface area contributed by atoms with E-state index in [0.717, 1.165) is 48.0 Å². The molecule has 10 atom stereocenters. The highest BCUT2D eigenvalue weighted by atomic mass is 16.5. The molecule has 0 spiro atoms. The van der Waals surface area contributed by atoms with E-state index in [1.54, 1.807) is 0 Å². The van der Waals surface area contributed by atoms with Gasteiger partial charge in [-0.1, -0.05) is 47.0 Å². The van der Waals surface area contributed by atoms with Gasteiger partial charge in [0.1, 0.15) is 0 Å². The molecule has 29 heavy (non-hydrogen) atoms. The van der Waals surface area contributed by atoms with Crippen LogP contribution < -0.4 is 5.73 Å². The summed E-state index contributed by atoms with van der Waals surface area (Å²) in [5, 5.41) is 0. The van der Waals surface area contributed by atoms with Gasteiger partial charge in [-0.15, -0.1) is 0 Å². The van der Waals surface area contributed by atoms with Crippen molar-refractivity contribution in [3.63, 3.8) is 0 Å². The Bertz CT molecular complexity index is 603. The van der Waals surface area contributed by atoms with Gasteiger partial charge in [-0.2, -0.15) is 0 Å². The average molecular weight is 402 g/mol. The van der Waals surface area contributed by atoms with Crippen molar-refractivity contribution in [3.8, 4) is 0 Å². The standard InChI is InChI=1S/C27H47NO/c1-17(2)6-5-7-18(3)21-8-9-22-20-15-25-24-14-19(28)10-13-27(24,16-29-25)23(20)11-12-26(21,22)4/h17-25H,5-16,28H2,1-4H3/t18-,19-,20+,21-,22+,23+,24-,25-,26-,27+/m1/s1. The highest BCUT2D eigenvalue weighted by Gasteiger charge is 2.66. The van der Waals surface area contributed by atoms with E-state index >= 15 is 0 Å². The zero-order chi connectivity index (χ0) is 20.4. The van der Waals surface area contributed by atoms with Gasteiger partial charge >= 0.3 is 0 Å². The molecule has 1 aliphatic heterocycles. The molecule has 2 heteroatoms. The number of fused-ring (bicyclic) bond motifs is 3. The molecule has 5 rings (SSSR count). The maximum Gasteiger partial charge on any atom is 0.0613 e. The summed E-state index contributed by atoms with van der Waals surface area (Å²) in [7, 11) is 0. The molecule has 2 N–H and O–H groups in total. The third kappa shape index (κ3) is 3.17. The second-order valence-corrected chi connectivity index (χ2v) is 12.9. The molecule has 0 aromatic rings. The molecule has 0 aromatic heterocycles. The van der Waals surface area contributed by atoms with Crippen LogP contribution in [0.4, 0.5) is 0 Å². The smallest absolute Gasteiger partial charge is 0.0613 e. The van der Waals surface area contributed by atoms with Crippen LogP contribution in [-0.4, -0.2) is 18.8 Å². The first-order chi connectivity index (χ1) is 13.8. The van der Waals surface area contributed by atoms with E-state index in [1.807, 2.05) is 0 Å². The Morgan fingerprint density at radius 1 is 0.931 bits per heavy atom. The van der Waals surface area contributed by atoms with E-state index in [1.165, 1.54) is 70.6 Å². The maximum absolute atomic E-state index is 6.53. The summed E-state index contributed by atoms with van der Waals surface area (Å²) in [5.74, 6) is 6.37. The molecule has 0 amide bonds. The Hall–Kier alpha value is -0.0800. The molecular weight excluding hydrogens is 354 g/mol. The van der Waals surface area contributed by atoms with Gasteiger partial charge < -0.3 is 10.5 Å². The van der Waals surface area contributed by atoms with Crippen LogP contribution in [0, 0.1) is 52.3 Å². The minimum Gasteiger partial charge on any atom is -0.377 e. The van der Waals surface area contributed by atoms with Gasteiger partial charge in [0.25, 0.3) is 0 Å². The minimum atomic E-state index is 0.435. The second-order valence-electron chi connectivity index (χ2n) is 12.9. The van der Waals surface area contributed by atoms with Crippen LogP contribution in [0.5, 0.6) is 0 Å². The van der Waals surface area contributed by atoms with Gasteiger partial charge in [0, 0.05) is 11.5 Å². The lowest BCUT2D eigenvalue weighted by Gasteiger charge is -2.60. The van der Waals surface area contributed by atoms with Crippen LogP contribution in [0.15, 0.2) is 0 Å². The van der Waals surface area contributed by atoms with Crippen molar-refractivity contribution in [1.82, 2.24) is 0 Å². The van der Waals surface area contributed by atoms with Gasteiger partial charge in [0.2, 0.25) is 0 Å². The van der Waals surface area contributed by atoms with E-state index in [2.05, 4.69) is 27.7 Å². The lowest BCUT2D eigenvalue weighted by Crippen LogP contribution is -2.57. The summed E-state index contributed by atoms with van der Waals surface area (Å²) >= 11 is 0. The number of ether oxygens (including phenoxy) is 1. The Kier molecular flexibility index (Phi) is 5.38. The number of hydrogen-bond acceptors (Lipinski definition) is 2. The van der Waals surface area contributed by atoms with Crippen LogP contribution in [0.25, 0.3) is 0 Å². The van der Waals surface area contributed by atoms with E-state index < -0.39 is 0 Å². The molecule has 1 heterocycles. The van der Waals surface area contributed by atoms with Crippen molar-refractivity contribution in [3.05, 3.63) is 0 Å². The molecule has 2 bridgehead atoms. The molecule has 1 saturated heterocycles. The summed E-state index contributed by atoms with van der Waals surface area (Å²) in [6.45, 7) is 11.1. The van der Waals surface area contributed by atoms with Crippen molar-refractivity contribution in [2.24, 2.45) is 58.0 Å². The van der Waals surface area contributed by atoms with Crippen LogP contribution in [0.1, 0.15) is 98.3 Å². The Morgan fingerprint density at radius 2 is 1.76 bits per heavy atom. The Balaban J connectivity index is 1.33. The van der Waals surface area contributed by atoms with Gasteiger partial charge in [0.15, 0.2) is 0 Å². The fraction of sp³-hybridized carbons (Fsp3) is 1.00. The van der Waals surface area contributed by atoms with Crippen LogP contribution >= 0.6 is 0 Å². The third-order valence-electron chi connectivity index (χ3n) is 11.2. The Morgan fingerprint density at radius 3 is 2.55 bits per heavy atom. The molecule has 5 aliphatic rings. The van der Waals surface area contributed by atoms with Gasteiger partial charge in [-0.25, -0.2) is 0 Å². The third-order valence-corrected chi connectivity index (χ3v) is 11.2. The average Bonchev–Trinajstić information content (AvgIpc) is 3.15. The predicted molar refractivity (Wildman–Crippen MR) is 120 cm³/mol. The molecule has 5 fully saturated rings. The summed E-state index contributed by atoms with van der Waals surface area (Å²) in [5.41, 5.74) is 7.53. The lowest BCUT2D eigenvalue weighted by molar-refractivity contribution is -0.107. The fourth-order valence-electron chi connectivity index (χ4n) is 9.82. The van der Waals surface area contributed by atoms with Crippen molar-refractivity contribution in [2.75, 3.05) is 6.61 Å². The van der Waals surface area contributed by atoms with E-state index in [4.69, 9.17) is 10.5 Å². The SMILES string of the molecule is CC(C)CCC[C@@H](C)[C@H]1CC[C@H]2[C@@H]3C[C@H]4OC[C@@]5(CC[C@@H](N)C[C@H]45)[C@H]3CC[C@]12C. The van der Waals surface area contributed by atoms with Crippen LogP contribution in [0.2, 0.25) is 0 Å². The predicted octanol–water partition coefficient (Wildman–Crippen LogP) is 6.42. The van der Waals surface area contributed by atoms with Crippen molar-refractivity contribution < 1.29 is 4.74 Å². The highest BCUT2D eigenvalue weighted by Crippen LogP contribution is 2.70. The molecule has 0 radical (unpaired) electrons. The summed E-state index contributed by atoms with van der Waals surface area (Å²) < 4.78 is 6.53. The quantitative estimate of drug-likeness (QED) is 0.576. The highest BCUT2D eigenvalue weighted by molar-refractivity contribution is 5.15. The molecule has 0 unspecified atom stereocenters. The van der Waals surface area contributed by atoms with Crippen LogP contribution in [-0.2, 0) is 4.74 Å². The van der Waals surface area contributed by atoms with Crippen molar-refractivity contribution >= 4 is 0 Å². The molecule has 4 aliphatic carbocycles. The topological polar surface area (TPSA) is 35.2 Å². The zero-order valence-electron chi connectivity index (χ0n) is 19.7. The maximum atomic E-state index is 6.53. The van der Waals surface area contributed by atoms with Crippen molar-refractivity contribution in [2.45, 2.75) is 110 Å². The largest absolute Gasteiger partial charge is 0.377 e. The van der Waals surface area contributed by atoms with Crippen LogP contribution in [0.3, 0.4) is 0 Å². The molecule has 4 saturated carbocycles. The zero-order valence-corrected chi connectivity index (χ0v) is 19.7. The monoisotopic (exact) mass is 401 g/mol. The number of hydrogen-bond donors (Lipinski definition) is 1. The molecule has 0 aromatic carbocycles. The first-order valence-corrected chi connectivity index (χ1v) is 13.2. The lowest BCUT2D eigenvalue weighted by atomic mass is 9.44. The first-order valence-electron chi connectivity index (χ1n) is 13.2. The van der Waals surface area contributed by atoms with Gasteiger partial charge in [-0.05, 0) is 98.2 Å². The Labute approximate surface area is 180 Å². The fourth-order valence-corrected chi connectivity index (χ4v) is 9.82. The summed E-state index contributed by atoms with van der Waals surface area (Å²) in [4.78, 5) is 0. The molecular formula is C27H47NO. The van der Waals surface area contributed by atoms with Crippen molar-refractivity contribution in [1.29, 1.82) is 0 Å². The second kappa shape index (κ2) is 7.51. The van der Waals surface area contributed by atoms with E-state index in [-0.39, 0.29) is 0 Å². The summed E-state index contributed by atoms with van der Waals surface area (Å²) in [6, 6.07) is 0.435. The minimum absolute atomic E-state index is 0.435. The number of rotatable bonds is 5. The first kappa shape index (κ1) is 20.8. The summed E-state index contributed by atoms with van der Waals surface area (Å²) in [6.07, 6.45) is 16.0. The van der Waals surface area contributed by atoms with Gasteiger partial charge in [-0.3, -0.25) is 0 Å². The van der Waals surface area contributed by atoms with Gasteiger partial charge in [0.05, 0.1) is 12.7 Å². The normalized spacial score (nSPS) is 52.1. The van der Waals surface area contributed by atoms with E-state index in [0.29, 0.717) is 23.0 Å². The number of nitrogens with two attached hydrogens (primary N) is 1. The molecule has 166 valence electrons.